The number of nitrogens with zero attached hydrogens (tertiary/aromatic N) is 2. The van der Waals surface area contributed by atoms with E-state index in [1.165, 1.54) is 13.2 Å². The normalized spacial score (nSPS) is 11.0. The lowest BCUT2D eigenvalue weighted by Gasteiger charge is -2.10. The lowest BCUT2D eigenvalue weighted by atomic mass is 10.2. The molecule has 0 fully saturated rings. The predicted octanol–water partition coefficient (Wildman–Crippen LogP) is 4.69. The van der Waals surface area contributed by atoms with Gasteiger partial charge in [-0.15, -0.1) is 0 Å². The van der Waals surface area contributed by atoms with Crippen molar-refractivity contribution in [2.75, 3.05) is 7.11 Å². The second kappa shape index (κ2) is 7.19. The molecule has 0 aliphatic rings. The molecule has 0 saturated heterocycles. The number of carbonyl (C=O) groups excluding carboxylic acids is 1. The number of carbonyl (C=O) groups is 1. The second-order valence-corrected chi connectivity index (χ2v) is 6.16. The maximum Gasteiger partial charge on any atom is 0.354 e. The SMILES string of the molecule is COC(=O)c1ccc(-c2ccco2)n1Cc1nc(-c2ccccc2F)oc1C. The zero-order valence-corrected chi connectivity index (χ0v) is 15.3. The lowest BCUT2D eigenvalue weighted by Crippen LogP contribution is -2.13. The summed E-state index contributed by atoms with van der Waals surface area (Å²) in [5.74, 6) is 0.437. The number of oxazole rings is 1. The number of esters is 1. The quantitative estimate of drug-likeness (QED) is 0.470. The van der Waals surface area contributed by atoms with Crippen LogP contribution < -0.4 is 0 Å². The van der Waals surface area contributed by atoms with Crippen LogP contribution in [-0.4, -0.2) is 22.6 Å². The molecule has 142 valence electrons. The molecule has 28 heavy (non-hydrogen) atoms. The van der Waals surface area contributed by atoms with Crippen molar-refractivity contribution >= 4 is 5.97 Å². The molecule has 0 bridgehead atoms. The molecule has 3 heterocycles. The average Bonchev–Trinajstić information content (AvgIpc) is 3.42. The van der Waals surface area contributed by atoms with E-state index >= 15 is 0 Å². The molecule has 0 amide bonds. The molecule has 0 unspecified atom stereocenters. The third-order valence-electron chi connectivity index (χ3n) is 4.45. The van der Waals surface area contributed by atoms with E-state index in [0.29, 0.717) is 28.6 Å². The monoisotopic (exact) mass is 380 g/mol. The fraction of sp³-hybridized carbons (Fsp3) is 0.143. The highest BCUT2D eigenvalue weighted by Crippen LogP contribution is 2.28. The first-order valence-corrected chi connectivity index (χ1v) is 8.61. The Morgan fingerprint density at radius 2 is 2.00 bits per heavy atom. The van der Waals surface area contributed by atoms with E-state index in [1.54, 1.807) is 60.2 Å². The summed E-state index contributed by atoms with van der Waals surface area (Å²) in [6, 6.07) is 13.3. The molecule has 6 nitrogen and oxygen atoms in total. The predicted molar refractivity (Wildman–Crippen MR) is 99.2 cm³/mol. The van der Waals surface area contributed by atoms with Crippen LogP contribution in [0.4, 0.5) is 4.39 Å². The van der Waals surface area contributed by atoms with Gasteiger partial charge in [0.25, 0.3) is 0 Å². The largest absolute Gasteiger partial charge is 0.464 e. The average molecular weight is 380 g/mol. The topological polar surface area (TPSA) is 70.4 Å². The lowest BCUT2D eigenvalue weighted by molar-refractivity contribution is 0.0589. The van der Waals surface area contributed by atoms with Gasteiger partial charge in [-0.25, -0.2) is 14.2 Å². The van der Waals surface area contributed by atoms with Crippen molar-refractivity contribution in [3.8, 4) is 22.9 Å². The molecule has 0 aliphatic carbocycles. The van der Waals surface area contributed by atoms with Crippen molar-refractivity contribution in [2.24, 2.45) is 0 Å². The molecule has 0 atom stereocenters. The molecule has 3 aromatic heterocycles. The highest BCUT2D eigenvalue weighted by molar-refractivity contribution is 5.89. The first-order chi connectivity index (χ1) is 13.6. The van der Waals surface area contributed by atoms with Gasteiger partial charge in [-0.1, -0.05) is 12.1 Å². The smallest absolute Gasteiger partial charge is 0.354 e. The second-order valence-electron chi connectivity index (χ2n) is 6.16. The molecule has 7 heteroatoms. The van der Waals surface area contributed by atoms with Gasteiger partial charge >= 0.3 is 5.97 Å². The number of hydrogen-bond acceptors (Lipinski definition) is 5. The van der Waals surface area contributed by atoms with Gasteiger partial charge in [0.15, 0.2) is 0 Å². The number of aromatic nitrogens is 2. The molecular weight excluding hydrogens is 363 g/mol. The fourth-order valence-corrected chi connectivity index (χ4v) is 3.03. The van der Waals surface area contributed by atoms with Gasteiger partial charge in [-0.05, 0) is 43.3 Å². The number of rotatable bonds is 5. The van der Waals surface area contributed by atoms with Crippen LogP contribution in [0.5, 0.6) is 0 Å². The molecule has 0 saturated carbocycles. The third kappa shape index (κ3) is 3.11. The summed E-state index contributed by atoms with van der Waals surface area (Å²) in [7, 11) is 1.32. The van der Waals surface area contributed by atoms with Crippen molar-refractivity contribution < 1.29 is 22.8 Å². The Labute approximate surface area is 160 Å². The van der Waals surface area contributed by atoms with E-state index in [-0.39, 0.29) is 18.0 Å². The van der Waals surface area contributed by atoms with Crippen molar-refractivity contribution in [3.63, 3.8) is 0 Å². The van der Waals surface area contributed by atoms with E-state index in [0.717, 1.165) is 0 Å². The zero-order valence-electron chi connectivity index (χ0n) is 15.3. The Bertz CT molecular complexity index is 1130. The van der Waals surface area contributed by atoms with Crippen molar-refractivity contribution in [1.82, 2.24) is 9.55 Å². The van der Waals surface area contributed by atoms with Gasteiger partial charge in [-0.2, -0.15) is 0 Å². The number of furan rings is 1. The van der Waals surface area contributed by atoms with Gasteiger partial charge in [-0.3, -0.25) is 0 Å². The minimum Gasteiger partial charge on any atom is -0.464 e. The van der Waals surface area contributed by atoms with Crippen LogP contribution in [0.25, 0.3) is 22.9 Å². The van der Waals surface area contributed by atoms with Crippen LogP contribution in [0.15, 0.2) is 63.6 Å². The van der Waals surface area contributed by atoms with Crippen LogP contribution in [0.3, 0.4) is 0 Å². The van der Waals surface area contributed by atoms with Gasteiger partial charge in [0, 0.05) is 0 Å². The van der Waals surface area contributed by atoms with Crippen LogP contribution >= 0.6 is 0 Å². The van der Waals surface area contributed by atoms with E-state index in [9.17, 15) is 9.18 Å². The van der Waals surface area contributed by atoms with Crippen LogP contribution in [0.1, 0.15) is 21.9 Å². The third-order valence-corrected chi connectivity index (χ3v) is 4.45. The van der Waals surface area contributed by atoms with E-state index in [2.05, 4.69) is 4.98 Å². The van der Waals surface area contributed by atoms with Crippen molar-refractivity contribution in [3.05, 3.63) is 77.8 Å². The number of methoxy groups -OCH3 is 1. The first kappa shape index (κ1) is 17.8. The minimum atomic E-state index is -0.478. The van der Waals surface area contributed by atoms with E-state index in [4.69, 9.17) is 13.6 Å². The Morgan fingerprint density at radius 3 is 2.71 bits per heavy atom. The summed E-state index contributed by atoms with van der Waals surface area (Å²) in [5.41, 5.74) is 1.90. The van der Waals surface area contributed by atoms with E-state index < -0.39 is 11.8 Å². The summed E-state index contributed by atoms with van der Waals surface area (Å²) < 4.78 is 31.9. The molecule has 4 rings (SSSR count). The van der Waals surface area contributed by atoms with Crippen LogP contribution in [-0.2, 0) is 11.3 Å². The van der Waals surface area contributed by atoms with Gasteiger partial charge in [0.1, 0.15) is 28.7 Å². The Morgan fingerprint density at radius 1 is 1.18 bits per heavy atom. The Hall–Kier alpha value is -3.61. The number of ether oxygens (including phenoxy) is 1. The molecule has 0 radical (unpaired) electrons. The fourth-order valence-electron chi connectivity index (χ4n) is 3.03. The maximum absolute atomic E-state index is 14.1. The first-order valence-electron chi connectivity index (χ1n) is 8.61. The molecular formula is C21H17FN2O4. The highest BCUT2D eigenvalue weighted by Gasteiger charge is 2.21. The molecule has 0 aliphatic heterocycles. The molecule has 1 aromatic carbocycles. The Balaban J connectivity index is 1.76. The molecule has 0 spiro atoms. The summed E-state index contributed by atoms with van der Waals surface area (Å²) >= 11 is 0. The molecule has 0 N–H and O–H groups in total. The van der Waals surface area contributed by atoms with Gasteiger partial charge in [0.2, 0.25) is 5.89 Å². The maximum atomic E-state index is 14.1. The van der Waals surface area contributed by atoms with Gasteiger partial charge in [0.05, 0.1) is 31.2 Å². The van der Waals surface area contributed by atoms with E-state index in [1.807, 2.05) is 0 Å². The van der Waals surface area contributed by atoms with Crippen molar-refractivity contribution in [1.29, 1.82) is 0 Å². The van der Waals surface area contributed by atoms with Crippen molar-refractivity contribution in [2.45, 2.75) is 13.5 Å². The standard InChI is InChI=1S/C21H17FN2O4/c1-13-16(23-20(28-13)14-6-3-4-7-15(14)22)12-24-17(19-8-5-11-27-19)9-10-18(24)21(25)26-2/h3-11H,12H2,1-2H3. The number of halogens is 1. The highest BCUT2D eigenvalue weighted by atomic mass is 19.1. The number of benzene rings is 1. The summed E-state index contributed by atoms with van der Waals surface area (Å²) in [6.45, 7) is 1.98. The minimum absolute atomic E-state index is 0.192. The summed E-state index contributed by atoms with van der Waals surface area (Å²) in [4.78, 5) is 16.7. The molecule has 4 aromatic rings. The Kier molecular flexibility index (Phi) is 4.57. The summed E-state index contributed by atoms with van der Waals surface area (Å²) in [5, 5.41) is 0. The number of hydrogen-bond donors (Lipinski definition) is 0. The summed E-state index contributed by atoms with van der Waals surface area (Å²) in [6.07, 6.45) is 1.56. The number of aryl methyl sites for hydroxylation is 1. The van der Waals surface area contributed by atoms with Crippen LogP contribution in [0, 0.1) is 12.7 Å². The van der Waals surface area contributed by atoms with Crippen LogP contribution in [0.2, 0.25) is 0 Å². The van der Waals surface area contributed by atoms with Gasteiger partial charge < -0.3 is 18.1 Å². The zero-order chi connectivity index (χ0) is 19.7.